The van der Waals surface area contributed by atoms with Gasteiger partial charge in [0.25, 0.3) is 5.91 Å². The molecule has 0 aliphatic carbocycles. The van der Waals surface area contributed by atoms with Crippen molar-refractivity contribution in [2.45, 2.75) is 26.9 Å². The van der Waals surface area contributed by atoms with Gasteiger partial charge in [-0.2, -0.15) is 0 Å². The van der Waals surface area contributed by atoms with Gasteiger partial charge in [-0.05, 0) is 11.5 Å². The Morgan fingerprint density at radius 2 is 2.00 bits per heavy atom. The normalized spacial score (nSPS) is 10.8. The molecule has 1 aromatic heterocycles. The molecule has 2 rings (SSSR count). The average molecular weight is 287 g/mol. The van der Waals surface area contributed by atoms with Gasteiger partial charge in [0.15, 0.2) is 11.5 Å². The molecule has 2 N–H and O–H groups in total. The quantitative estimate of drug-likeness (QED) is 0.820. The summed E-state index contributed by atoms with van der Waals surface area (Å²) in [5, 5.41) is 9.86. The smallest absolute Gasteiger partial charge is 0.273 e. The first kappa shape index (κ1) is 15.3. The molecular weight excluding hydrogens is 266 g/mol. The Balaban J connectivity index is 1.79. The van der Waals surface area contributed by atoms with Crippen LogP contribution < -0.4 is 10.6 Å². The summed E-state index contributed by atoms with van der Waals surface area (Å²) in [5.74, 6) is 0.871. The Labute approximate surface area is 124 Å². The van der Waals surface area contributed by atoms with E-state index in [4.69, 9.17) is 4.52 Å². The molecule has 0 aliphatic rings. The van der Waals surface area contributed by atoms with Gasteiger partial charge in [-0.3, -0.25) is 4.79 Å². The zero-order valence-electron chi connectivity index (χ0n) is 12.4. The highest BCUT2D eigenvalue weighted by Gasteiger charge is 2.12. The van der Waals surface area contributed by atoms with Crippen molar-refractivity contribution < 1.29 is 9.32 Å². The maximum Gasteiger partial charge on any atom is 0.273 e. The van der Waals surface area contributed by atoms with Crippen LogP contribution in [-0.4, -0.2) is 17.6 Å². The molecule has 0 fully saturated rings. The Morgan fingerprint density at radius 1 is 1.24 bits per heavy atom. The van der Waals surface area contributed by atoms with Gasteiger partial charge >= 0.3 is 0 Å². The van der Waals surface area contributed by atoms with Gasteiger partial charge in [-0.1, -0.05) is 49.3 Å². The number of amides is 1. The monoisotopic (exact) mass is 287 g/mol. The Bertz CT molecular complexity index is 564. The van der Waals surface area contributed by atoms with E-state index >= 15 is 0 Å². The van der Waals surface area contributed by atoms with E-state index in [2.05, 4.69) is 27.9 Å². The number of hydrogen-bond acceptors (Lipinski definition) is 4. The Kier molecular flexibility index (Phi) is 5.51. The van der Waals surface area contributed by atoms with E-state index < -0.39 is 0 Å². The molecule has 0 spiro atoms. The van der Waals surface area contributed by atoms with Gasteiger partial charge in [0.1, 0.15) is 0 Å². The highest BCUT2D eigenvalue weighted by atomic mass is 16.5. The first-order valence-electron chi connectivity index (χ1n) is 7.13. The highest BCUT2D eigenvalue weighted by molar-refractivity contribution is 5.92. The van der Waals surface area contributed by atoms with E-state index in [0.29, 0.717) is 30.5 Å². The molecular formula is C16H21N3O2. The van der Waals surface area contributed by atoms with Crippen LogP contribution in [0.5, 0.6) is 0 Å². The summed E-state index contributed by atoms with van der Waals surface area (Å²) < 4.78 is 5.16. The summed E-state index contributed by atoms with van der Waals surface area (Å²) in [7, 11) is 0. The maximum atomic E-state index is 11.8. The van der Waals surface area contributed by atoms with Gasteiger partial charge in [0.2, 0.25) is 0 Å². The van der Waals surface area contributed by atoms with Crippen LogP contribution in [0.2, 0.25) is 0 Å². The van der Waals surface area contributed by atoms with Gasteiger partial charge in [-0.25, -0.2) is 0 Å². The lowest BCUT2D eigenvalue weighted by Gasteiger charge is -2.04. The van der Waals surface area contributed by atoms with Crippen molar-refractivity contribution in [3.63, 3.8) is 0 Å². The first-order chi connectivity index (χ1) is 10.1. The van der Waals surface area contributed by atoms with Gasteiger partial charge < -0.3 is 15.2 Å². The molecule has 0 saturated carbocycles. The van der Waals surface area contributed by atoms with Crippen LogP contribution in [0, 0.1) is 5.92 Å². The van der Waals surface area contributed by atoms with Crippen molar-refractivity contribution in [3.05, 3.63) is 53.4 Å². The number of hydrogen-bond donors (Lipinski definition) is 2. The van der Waals surface area contributed by atoms with E-state index in [0.717, 1.165) is 6.54 Å². The van der Waals surface area contributed by atoms with Crippen LogP contribution in [-0.2, 0) is 13.1 Å². The second kappa shape index (κ2) is 7.59. The van der Waals surface area contributed by atoms with Crippen molar-refractivity contribution in [3.8, 4) is 0 Å². The zero-order chi connectivity index (χ0) is 15.1. The van der Waals surface area contributed by atoms with Crippen LogP contribution in [0.4, 0.5) is 0 Å². The van der Waals surface area contributed by atoms with E-state index in [1.165, 1.54) is 5.56 Å². The third-order valence-electron chi connectivity index (χ3n) is 2.93. The minimum Gasteiger partial charge on any atom is -0.359 e. The van der Waals surface area contributed by atoms with Crippen LogP contribution >= 0.6 is 0 Å². The van der Waals surface area contributed by atoms with Crippen LogP contribution in [0.3, 0.4) is 0 Å². The van der Waals surface area contributed by atoms with Crippen molar-refractivity contribution in [1.82, 2.24) is 15.8 Å². The van der Waals surface area contributed by atoms with Crippen molar-refractivity contribution in [1.29, 1.82) is 0 Å². The van der Waals surface area contributed by atoms with Crippen molar-refractivity contribution in [2.75, 3.05) is 6.54 Å². The van der Waals surface area contributed by atoms with Crippen LogP contribution in [0.25, 0.3) is 0 Å². The molecule has 1 heterocycles. The molecule has 5 heteroatoms. The minimum absolute atomic E-state index is 0.193. The van der Waals surface area contributed by atoms with E-state index in [1.807, 2.05) is 32.0 Å². The second-order valence-corrected chi connectivity index (χ2v) is 5.37. The van der Waals surface area contributed by atoms with Crippen LogP contribution in [0.1, 0.15) is 35.7 Å². The summed E-state index contributed by atoms with van der Waals surface area (Å²) in [5.41, 5.74) is 1.53. The summed E-state index contributed by atoms with van der Waals surface area (Å²) in [4.78, 5) is 11.8. The Morgan fingerprint density at radius 3 is 2.71 bits per heavy atom. The summed E-state index contributed by atoms with van der Waals surface area (Å²) in [6.45, 7) is 6.01. The number of nitrogens with zero attached hydrogens (tertiary/aromatic N) is 1. The number of rotatable bonds is 7. The topological polar surface area (TPSA) is 67.2 Å². The fourth-order valence-electron chi connectivity index (χ4n) is 1.82. The second-order valence-electron chi connectivity index (χ2n) is 5.37. The number of carbonyl (C=O) groups is 1. The predicted molar refractivity (Wildman–Crippen MR) is 80.7 cm³/mol. The number of aromatic nitrogens is 1. The van der Waals surface area contributed by atoms with Crippen molar-refractivity contribution >= 4 is 5.91 Å². The molecule has 0 saturated heterocycles. The summed E-state index contributed by atoms with van der Waals surface area (Å²) >= 11 is 0. The molecule has 5 nitrogen and oxygen atoms in total. The van der Waals surface area contributed by atoms with E-state index in [-0.39, 0.29) is 5.91 Å². The molecule has 1 amide bonds. The molecule has 21 heavy (non-hydrogen) atoms. The minimum atomic E-state index is -0.193. The lowest BCUT2D eigenvalue weighted by molar-refractivity contribution is 0.0940. The number of benzene rings is 1. The van der Waals surface area contributed by atoms with Crippen LogP contribution in [0.15, 0.2) is 40.9 Å². The van der Waals surface area contributed by atoms with Gasteiger partial charge in [-0.15, -0.1) is 0 Å². The molecule has 0 unspecified atom stereocenters. The molecule has 0 bridgehead atoms. The Hall–Kier alpha value is -2.14. The molecule has 112 valence electrons. The third-order valence-corrected chi connectivity index (χ3v) is 2.93. The molecule has 0 radical (unpaired) electrons. The standard InChI is InChI=1S/C16H21N3O2/c1-12(2)9-18-16(20)15-8-14(21-19-15)11-17-10-13-6-4-3-5-7-13/h3-8,12,17H,9-11H2,1-2H3,(H,18,20). The first-order valence-corrected chi connectivity index (χ1v) is 7.13. The van der Waals surface area contributed by atoms with E-state index in [9.17, 15) is 4.79 Å². The van der Waals surface area contributed by atoms with E-state index in [1.54, 1.807) is 6.07 Å². The third kappa shape index (κ3) is 5.04. The maximum absolute atomic E-state index is 11.8. The molecule has 1 aromatic carbocycles. The number of carbonyl (C=O) groups excluding carboxylic acids is 1. The fraction of sp³-hybridized carbons (Fsp3) is 0.375. The van der Waals surface area contributed by atoms with Gasteiger partial charge in [0.05, 0.1) is 6.54 Å². The fourth-order valence-corrected chi connectivity index (χ4v) is 1.82. The summed E-state index contributed by atoms with van der Waals surface area (Å²) in [6, 6.07) is 11.8. The SMILES string of the molecule is CC(C)CNC(=O)c1cc(CNCc2ccccc2)on1. The largest absolute Gasteiger partial charge is 0.359 e. The lowest BCUT2D eigenvalue weighted by atomic mass is 10.2. The lowest BCUT2D eigenvalue weighted by Crippen LogP contribution is -2.27. The van der Waals surface area contributed by atoms with Crippen molar-refractivity contribution in [2.24, 2.45) is 5.92 Å². The zero-order valence-corrected chi connectivity index (χ0v) is 12.4. The molecule has 0 atom stereocenters. The predicted octanol–water partition coefficient (Wildman–Crippen LogP) is 2.35. The number of nitrogens with one attached hydrogen (secondary N) is 2. The molecule has 2 aromatic rings. The average Bonchev–Trinajstić information content (AvgIpc) is 2.95. The van der Waals surface area contributed by atoms with Gasteiger partial charge in [0, 0.05) is 19.2 Å². The highest BCUT2D eigenvalue weighted by Crippen LogP contribution is 2.05. The molecule has 0 aliphatic heterocycles. The summed E-state index contributed by atoms with van der Waals surface area (Å²) in [6.07, 6.45) is 0.